The summed E-state index contributed by atoms with van der Waals surface area (Å²) in [7, 11) is 2.03. The number of fused-ring (bicyclic) bond motifs is 1. The van der Waals surface area contributed by atoms with Gasteiger partial charge in [0.2, 0.25) is 5.91 Å². The van der Waals surface area contributed by atoms with Gasteiger partial charge in [-0.3, -0.25) is 14.3 Å². The zero-order chi connectivity index (χ0) is 20.8. The Morgan fingerprint density at radius 1 is 1.28 bits per heavy atom. The minimum Gasteiger partial charge on any atom is -0.380 e. The van der Waals surface area contributed by atoms with Gasteiger partial charge in [-0.1, -0.05) is 24.6 Å². The molecular formula is C22H28N4O3. The number of carbonyl (C=O) groups is 1. The molecule has 1 aliphatic rings. The number of para-hydroxylation sites is 1. The maximum Gasteiger partial charge on any atom is 0.250 e. The van der Waals surface area contributed by atoms with Gasteiger partial charge in [0, 0.05) is 37.8 Å². The van der Waals surface area contributed by atoms with E-state index in [2.05, 4.69) is 23.3 Å². The Kier molecular flexibility index (Phi) is 6.82. The molecule has 4 rings (SSSR count). The van der Waals surface area contributed by atoms with Crippen LogP contribution in [0.1, 0.15) is 48.0 Å². The Morgan fingerprint density at radius 3 is 2.72 bits per heavy atom. The molecule has 1 aromatic carbocycles. The van der Waals surface area contributed by atoms with Crippen LogP contribution >= 0.6 is 0 Å². The Bertz CT molecular complexity index is 1030. The highest BCUT2D eigenvalue weighted by molar-refractivity contribution is 5.92. The van der Waals surface area contributed by atoms with Crippen molar-refractivity contribution in [3.05, 3.63) is 64.2 Å². The largest absolute Gasteiger partial charge is 0.380 e. The second-order valence-electron chi connectivity index (χ2n) is 7.19. The summed E-state index contributed by atoms with van der Waals surface area (Å²) in [5.74, 6) is 0.245. The number of nitrogens with two attached hydrogens (primary N) is 1. The van der Waals surface area contributed by atoms with Crippen molar-refractivity contribution in [1.82, 2.24) is 14.3 Å². The molecule has 7 heteroatoms. The van der Waals surface area contributed by atoms with Crippen molar-refractivity contribution in [1.29, 1.82) is 0 Å². The molecule has 0 radical (unpaired) electrons. The summed E-state index contributed by atoms with van der Waals surface area (Å²) < 4.78 is 8.53. The van der Waals surface area contributed by atoms with Gasteiger partial charge in [-0.05, 0) is 37.3 Å². The van der Waals surface area contributed by atoms with Gasteiger partial charge >= 0.3 is 0 Å². The number of pyridine rings is 1. The van der Waals surface area contributed by atoms with Gasteiger partial charge in [0.05, 0.1) is 23.9 Å². The molecule has 0 bridgehead atoms. The van der Waals surface area contributed by atoms with E-state index < -0.39 is 5.91 Å². The van der Waals surface area contributed by atoms with E-state index in [0.717, 1.165) is 5.92 Å². The second-order valence-corrected chi connectivity index (χ2v) is 7.19. The fourth-order valence-corrected chi connectivity index (χ4v) is 3.47. The summed E-state index contributed by atoms with van der Waals surface area (Å²) >= 11 is 0. The van der Waals surface area contributed by atoms with Gasteiger partial charge in [-0.15, -0.1) is 0 Å². The number of nitrogens with zero attached hydrogens (tertiary/aromatic N) is 3. The summed E-state index contributed by atoms with van der Waals surface area (Å²) in [5, 5.41) is 5.59. The summed E-state index contributed by atoms with van der Waals surface area (Å²) in [6.07, 6.45) is 7.49. The van der Waals surface area contributed by atoms with Crippen molar-refractivity contribution < 1.29 is 9.53 Å². The van der Waals surface area contributed by atoms with Crippen molar-refractivity contribution in [3.63, 3.8) is 0 Å². The molecule has 2 aromatic heterocycles. The zero-order valence-electron chi connectivity index (χ0n) is 17.0. The number of hydrogen-bond acceptors (Lipinski definition) is 4. The van der Waals surface area contributed by atoms with Crippen LogP contribution in [0.15, 0.2) is 47.5 Å². The maximum atomic E-state index is 11.3. The molecule has 154 valence electrons. The lowest BCUT2D eigenvalue weighted by Crippen LogP contribution is -2.24. The molecule has 2 heterocycles. The number of rotatable bonds is 6. The van der Waals surface area contributed by atoms with Crippen molar-refractivity contribution >= 4 is 16.8 Å². The first kappa shape index (κ1) is 20.8. The van der Waals surface area contributed by atoms with E-state index in [-0.39, 0.29) is 5.56 Å². The third-order valence-electron chi connectivity index (χ3n) is 5.29. The van der Waals surface area contributed by atoms with Gasteiger partial charge in [-0.25, -0.2) is 0 Å². The van der Waals surface area contributed by atoms with Crippen LogP contribution in [0.3, 0.4) is 0 Å². The van der Waals surface area contributed by atoms with Crippen LogP contribution in [0, 0.1) is 0 Å². The van der Waals surface area contributed by atoms with E-state index in [9.17, 15) is 9.59 Å². The molecule has 1 amide bonds. The number of amides is 1. The van der Waals surface area contributed by atoms with E-state index in [1.165, 1.54) is 58.6 Å². The van der Waals surface area contributed by atoms with Crippen LogP contribution in [0.2, 0.25) is 0 Å². The van der Waals surface area contributed by atoms with Gasteiger partial charge in [0.15, 0.2) is 0 Å². The third kappa shape index (κ3) is 4.92. The zero-order valence-corrected chi connectivity index (χ0v) is 17.0. The van der Waals surface area contributed by atoms with Gasteiger partial charge < -0.3 is 15.0 Å². The molecule has 0 atom stereocenters. The Balaban J connectivity index is 0.000000166. The van der Waals surface area contributed by atoms with E-state index >= 15 is 0 Å². The molecular weight excluding hydrogens is 368 g/mol. The molecule has 7 nitrogen and oxygen atoms in total. The number of aromatic nitrogens is 3. The van der Waals surface area contributed by atoms with E-state index in [1.807, 2.05) is 24.9 Å². The lowest BCUT2D eigenvalue weighted by atomic mass is 9.79. The highest BCUT2D eigenvalue weighted by Crippen LogP contribution is 2.39. The lowest BCUT2D eigenvalue weighted by molar-refractivity contribution is 0.0998. The molecule has 0 unspecified atom stereocenters. The number of carbonyl (C=O) groups excluding carboxylic acids is 1. The Morgan fingerprint density at radius 2 is 2.07 bits per heavy atom. The van der Waals surface area contributed by atoms with Crippen LogP contribution in [0.5, 0.6) is 0 Å². The van der Waals surface area contributed by atoms with Crippen molar-refractivity contribution in [2.75, 3.05) is 13.2 Å². The summed E-state index contributed by atoms with van der Waals surface area (Å²) in [6.45, 7) is 3.35. The first-order valence-electron chi connectivity index (χ1n) is 10.00. The molecule has 2 N–H and O–H groups in total. The third-order valence-corrected chi connectivity index (χ3v) is 5.29. The fraction of sp³-hybridized carbons (Fsp3) is 0.409. The minimum atomic E-state index is -0.542. The standard InChI is InChI=1S/C12H14N2.C10H14N2O3/c1-14-12-10(8-13-14)6-3-7-11(12)9-4-2-5-9;1-2-15-6-5-12-7-8(10(11)14)3-4-9(12)13/h3,6-9H,2,4-5H2,1H3;3-4,7H,2,5-6H2,1H3,(H2,11,14). The molecule has 29 heavy (non-hydrogen) atoms. The highest BCUT2D eigenvalue weighted by atomic mass is 16.5. The fourth-order valence-electron chi connectivity index (χ4n) is 3.47. The van der Waals surface area contributed by atoms with Crippen molar-refractivity contribution in [2.45, 2.75) is 38.6 Å². The van der Waals surface area contributed by atoms with Crippen molar-refractivity contribution in [2.24, 2.45) is 12.8 Å². The van der Waals surface area contributed by atoms with E-state index in [0.29, 0.717) is 25.3 Å². The minimum absolute atomic E-state index is 0.167. The van der Waals surface area contributed by atoms with Crippen LogP contribution in [0.4, 0.5) is 0 Å². The summed E-state index contributed by atoms with van der Waals surface area (Å²) in [5.41, 5.74) is 8.09. The highest BCUT2D eigenvalue weighted by Gasteiger charge is 2.22. The van der Waals surface area contributed by atoms with Gasteiger partial charge in [-0.2, -0.15) is 5.10 Å². The Labute approximate surface area is 170 Å². The first-order valence-corrected chi connectivity index (χ1v) is 10.00. The average molecular weight is 396 g/mol. The molecule has 0 saturated heterocycles. The molecule has 0 aliphatic heterocycles. The number of benzene rings is 1. The molecule has 1 fully saturated rings. The van der Waals surface area contributed by atoms with Crippen LogP contribution in [-0.2, 0) is 18.3 Å². The predicted octanol–water partition coefficient (Wildman–Crippen LogP) is 2.82. The predicted molar refractivity (Wildman–Crippen MR) is 113 cm³/mol. The van der Waals surface area contributed by atoms with Gasteiger partial charge in [0.1, 0.15) is 0 Å². The quantitative estimate of drug-likeness (QED) is 0.649. The maximum absolute atomic E-state index is 11.3. The number of aryl methyl sites for hydroxylation is 1. The van der Waals surface area contributed by atoms with Gasteiger partial charge in [0.25, 0.3) is 5.56 Å². The normalized spacial score (nSPS) is 13.6. The molecule has 3 aromatic rings. The number of hydrogen-bond donors (Lipinski definition) is 1. The SMILES string of the molecule is CCOCCn1cc(C(N)=O)ccc1=O.Cn1ncc2cccc(C3CCC3)c21. The first-order chi connectivity index (χ1) is 14.0. The topological polar surface area (TPSA) is 92.1 Å². The summed E-state index contributed by atoms with van der Waals surface area (Å²) in [6, 6.07) is 9.30. The van der Waals surface area contributed by atoms with Crippen molar-refractivity contribution in [3.8, 4) is 0 Å². The van der Waals surface area contributed by atoms with Crippen LogP contribution in [-0.4, -0.2) is 33.5 Å². The Hall–Kier alpha value is -2.93. The lowest BCUT2D eigenvalue weighted by Gasteiger charge is -2.26. The monoisotopic (exact) mass is 396 g/mol. The molecule has 1 aliphatic carbocycles. The second kappa shape index (κ2) is 9.52. The van der Waals surface area contributed by atoms with E-state index in [1.54, 1.807) is 0 Å². The molecule has 1 saturated carbocycles. The number of ether oxygens (including phenoxy) is 1. The van der Waals surface area contributed by atoms with Crippen LogP contribution in [0.25, 0.3) is 10.9 Å². The summed E-state index contributed by atoms with van der Waals surface area (Å²) in [4.78, 5) is 22.2. The number of primary amides is 1. The smallest absolute Gasteiger partial charge is 0.250 e. The van der Waals surface area contributed by atoms with E-state index in [4.69, 9.17) is 10.5 Å². The van der Waals surface area contributed by atoms with Crippen LogP contribution < -0.4 is 11.3 Å². The average Bonchev–Trinajstić information content (AvgIpc) is 3.04. The molecule has 0 spiro atoms.